The van der Waals surface area contributed by atoms with Crippen molar-refractivity contribution in [1.82, 2.24) is 20.4 Å². The summed E-state index contributed by atoms with van der Waals surface area (Å²) in [6, 6.07) is 9.77. The van der Waals surface area contributed by atoms with Gasteiger partial charge in [0.25, 0.3) is 0 Å². The maximum Gasteiger partial charge on any atom is 0.237 e. The van der Waals surface area contributed by atoms with E-state index in [4.69, 9.17) is 0 Å². The third kappa shape index (κ3) is 5.04. The molecule has 1 fully saturated rings. The Morgan fingerprint density at radius 2 is 2.16 bits per heavy atom. The van der Waals surface area contributed by atoms with Crippen LogP contribution in [-0.2, 0) is 11.2 Å². The molecule has 1 amide bonds. The van der Waals surface area contributed by atoms with Gasteiger partial charge in [0.15, 0.2) is 0 Å². The van der Waals surface area contributed by atoms with Gasteiger partial charge in [-0.25, -0.2) is 4.68 Å². The van der Waals surface area contributed by atoms with Gasteiger partial charge in [0.05, 0.1) is 23.5 Å². The van der Waals surface area contributed by atoms with Crippen LogP contribution in [-0.4, -0.2) is 46.0 Å². The van der Waals surface area contributed by atoms with Crippen LogP contribution in [0.4, 0.5) is 0 Å². The lowest BCUT2D eigenvalue weighted by Crippen LogP contribution is -2.40. The van der Waals surface area contributed by atoms with Crippen LogP contribution in [0.5, 0.6) is 0 Å². The highest BCUT2D eigenvalue weighted by Crippen LogP contribution is 2.13. The van der Waals surface area contributed by atoms with Gasteiger partial charge in [-0.15, -0.1) is 12.4 Å². The molecule has 0 aliphatic carbocycles. The number of rotatable bonds is 6. The zero-order chi connectivity index (χ0) is 16.9. The molecule has 1 saturated heterocycles. The van der Waals surface area contributed by atoms with Crippen molar-refractivity contribution in [3.05, 3.63) is 47.8 Å². The summed E-state index contributed by atoms with van der Waals surface area (Å²) in [6.07, 6.45) is 3.88. The number of halogens is 1. The number of β-amino-alcohol motifs (C(OH)–C–C–N with tert-alkyl or cyclic N) is 1. The number of aromatic nitrogens is 2. The zero-order valence-electron chi connectivity index (χ0n) is 14.3. The Kier molecular flexibility index (Phi) is 6.99. The van der Waals surface area contributed by atoms with E-state index in [9.17, 15) is 9.90 Å². The number of aliphatic hydroxyl groups is 1. The summed E-state index contributed by atoms with van der Waals surface area (Å²) in [5, 5.41) is 20.0. The minimum absolute atomic E-state index is 0. The Balaban J connectivity index is 0.00000225. The lowest BCUT2D eigenvalue weighted by molar-refractivity contribution is -0.122. The lowest BCUT2D eigenvalue weighted by Gasteiger charge is -2.10. The number of hydrogen-bond donors (Lipinski definition) is 3. The van der Waals surface area contributed by atoms with E-state index in [-0.39, 0.29) is 24.4 Å². The molecule has 136 valence electrons. The van der Waals surface area contributed by atoms with Crippen molar-refractivity contribution in [1.29, 1.82) is 0 Å². The second-order valence-electron chi connectivity index (χ2n) is 6.26. The van der Waals surface area contributed by atoms with Crippen molar-refractivity contribution >= 4 is 18.3 Å². The largest absolute Gasteiger partial charge is 0.392 e. The molecule has 2 unspecified atom stereocenters. The summed E-state index contributed by atoms with van der Waals surface area (Å²) < 4.78 is 1.90. The molecule has 1 aliphatic rings. The van der Waals surface area contributed by atoms with Crippen molar-refractivity contribution in [2.24, 2.45) is 0 Å². The summed E-state index contributed by atoms with van der Waals surface area (Å²) in [5.41, 5.74) is 3.26. The van der Waals surface area contributed by atoms with Gasteiger partial charge in [0, 0.05) is 19.3 Å². The first-order chi connectivity index (χ1) is 11.6. The highest BCUT2D eigenvalue weighted by atomic mass is 35.5. The molecule has 2 heterocycles. The molecule has 3 rings (SSSR count). The predicted molar refractivity (Wildman–Crippen MR) is 99.3 cm³/mol. The molecular formula is C18H25ClN4O2. The SMILES string of the molecule is Cc1nn(-c2ccccc2)cc1CCCNC(=O)C1CC(O)CN1.Cl. The minimum Gasteiger partial charge on any atom is -0.392 e. The Labute approximate surface area is 154 Å². The van der Waals surface area contributed by atoms with E-state index in [2.05, 4.69) is 21.9 Å². The van der Waals surface area contributed by atoms with Crippen molar-refractivity contribution in [2.75, 3.05) is 13.1 Å². The standard InChI is InChI=1S/C18H24N4O2.ClH/c1-13-14(12-22(21-13)15-7-3-2-4-8-15)6-5-9-19-18(24)17-10-16(23)11-20-17;/h2-4,7-8,12,16-17,20,23H,5-6,9-11H2,1H3,(H,19,24);1H. The van der Waals surface area contributed by atoms with Gasteiger partial charge in [-0.3, -0.25) is 4.79 Å². The molecule has 0 radical (unpaired) electrons. The van der Waals surface area contributed by atoms with Gasteiger partial charge in [-0.1, -0.05) is 18.2 Å². The van der Waals surface area contributed by atoms with E-state index in [0.29, 0.717) is 19.5 Å². The number of hydrogen-bond acceptors (Lipinski definition) is 4. The predicted octanol–water partition coefficient (Wildman–Crippen LogP) is 1.37. The fraction of sp³-hybridized carbons (Fsp3) is 0.444. The summed E-state index contributed by atoms with van der Waals surface area (Å²) in [7, 11) is 0. The molecule has 0 bridgehead atoms. The molecule has 0 spiro atoms. The average Bonchev–Trinajstić information content (AvgIpc) is 3.18. The van der Waals surface area contributed by atoms with Gasteiger partial charge in [-0.2, -0.15) is 5.10 Å². The molecule has 25 heavy (non-hydrogen) atoms. The monoisotopic (exact) mass is 364 g/mol. The van der Waals surface area contributed by atoms with Crippen LogP contribution in [0, 0.1) is 6.92 Å². The van der Waals surface area contributed by atoms with Crippen LogP contribution in [0.25, 0.3) is 5.69 Å². The number of carbonyl (C=O) groups excluding carboxylic acids is 1. The third-order valence-electron chi connectivity index (χ3n) is 4.37. The number of aryl methyl sites for hydroxylation is 2. The smallest absolute Gasteiger partial charge is 0.237 e. The number of carbonyl (C=O) groups is 1. The number of amides is 1. The van der Waals surface area contributed by atoms with Gasteiger partial charge in [0.2, 0.25) is 5.91 Å². The lowest BCUT2D eigenvalue weighted by atomic mass is 10.1. The van der Waals surface area contributed by atoms with E-state index in [1.807, 2.05) is 41.9 Å². The Hall–Kier alpha value is -1.89. The number of nitrogens with one attached hydrogen (secondary N) is 2. The van der Waals surface area contributed by atoms with E-state index in [1.54, 1.807) is 0 Å². The molecule has 3 N–H and O–H groups in total. The second kappa shape index (κ2) is 8.99. The van der Waals surface area contributed by atoms with E-state index < -0.39 is 6.10 Å². The summed E-state index contributed by atoms with van der Waals surface area (Å²) >= 11 is 0. The van der Waals surface area contributed by atoms with Gasteiger partial charge in [-0.05, 0) is 43.9 Å². The zero-order valence-corrected chi connectivity index (χ0v) is 15.1. The first-order valence-electron chi connectivity index (χ1n) is 8.43. The molecule has 1 aromatic heterocycles. The minimum atomic E-state index is -0.410. The molecule has 1 aromatic carbocycles. The average molecular weight is 365 g/mol. The highest BCUT2D eigenvalue weighted by Gasteiger charge is 2.27. The normalized spacial score (nSPS) is 19.4. The fourth-order valence-corrected chi connectivity index (χ4v) is 2.98. The number of benzene rings is 1. The first kappa shape index (κ1) is 19.4. The van der Waals surface area contributed by atoms with E-state index in [0.717, 1.165) is 24.2 Å². The topological polar surface area (TPSA) is 79.2 Å². The van der Waals surface area contributed by atoms with Gasteiger partial charge < -0.3 is 15.7 Å². The van der Waals surface area contributed by atoms with Crippen LogP contribution in [0.3, 0.4) is 0 Å². The molecule has 6 nitrogen and oxygen atoms in total. The maximum absolute atomic E-state index is 12.0. The quantitative estimate of drug-likeness (QED) is 0.676. The van der Waals surface area contributed by atoms with E-state index >= 15 is 0 Å². The Morgan fingerprint density at radius 3 is 2.84 bits per heavy atom. The first-order valence-corrected chi connectivity index (χ1v) is 8.43. The van der Waals surface area contributed by atoms with Crippen LogP contribution in [0.1, 0.15) is 24.1 Å². The van der Waals surface area contributed by atoms with E-state index in [1.165, 1.54) is 5.56 Å². The van der Waals surface area contributed by atoms with Crippen LogP contribution in [0.2, 0.25) is 0 Å². The third-order valence-corrected chi connectivity index (χ3v) is 4.37. The van der Waals surface area contributed by atoms with Crippen molar-refractivity contribution < 1.29 is 9.90 Å². The summed E-state index contributed by atoms with van der Waals surface area (Å²) in [4.78, 5) is 12.0. The van der Waals surface area contributed by atoms with Crippen LogP contribution in [0.15, 0.2) is 36.5 Å². The summed E-state index contributed by atoms with van der Waals surface area (Å²) in [5.74, 6) is -0.0248. The number of para-hydroxylation sites is 1. The summed E-state index contributed by atoms with van der Waals surface area (Å²) in [6.45, 7) is 3.14. The van der Waals surface area contributed by atoms with Crippen molar-refractivity contribution in [2.45, 2.75) is 38.3 Å². The van der Waals surface area contributed by atoms with Gasteiger partial charge >= 0.3 is 0 Å². The van der Waals surface area contributed by atoms with Gasteiger partial charge in [0.1, 0.15) is 0 Å². The number of nitrogens with zero attached hydrogens (tertiary/aromatic N) is 2. The Bertz CT molecular complexity index is 690. The van der Waals surface area contributed by atoms with Crippen LogP contribution >= 0.6 is 12.4 Å². The molecular weight excluding hydrogens is 340 g/mol. The molecule has 0 saturated carbocycles. The molecule has 7 heteroatoms. The van der Waals surface area contributed by atoms with Crippen molar-refractivity contribution in [3.63, 3.8) is 0 Å². The second-order valence-corrected chi connectivity index (χ2v) is 6.26. The Morgan fingerprint density at radius 1 is 1.40 bits per heavy atom. The number of aliphatic hydroxyl groups excluding tert-OH is 1. The molecule has 2 atom stereocenters. The molecule has 1 aliphatic heterocycles. The van der Waals surface area contributed by atoms with Crippen molar-refractivity contribution in [3.8, 4) is 5.69 Å². The molecule has 2 aromatic rings. The highest BCUT2D eigenvalue weighted by molar-refractivity contribution is 5.85. The fourth-order valence-electron chi connectivity index (χ4n) is 2.98. The van der Waals surface area contributed by atoms with Crippen LogP contribution < -0.4 is 10.6 Å². The maximum atomic E-state index is 12.0.